The minimum Gasteiger partial charge on any atom is -0.481 e. The summed E-state index contributed by atoms with van der Waals surface area (Å²) in [6.45, 7) is 0. The van der Waals surface area contributed by atoms with Crippen LogP contribution in [0.5, 0.6) is 0 Å². The molecule has 2 aromatic rings. The number of thiazole rings is 1. The van der Waals surface area contributed by atoms with E-state index in [2.05, 4.69) is 4.98 Å². The van der Waals surface area contributed by atoms with Crippen LogP contribution >= 0.6 is 11.3 Å². The van der Waals surface area contributed by atoms with E-state index in [1.807, 2.05) is 24.3 Å². The Bertz CT molecular complexity index is 560. The summed E-state index contributed by atoms with van der Waals surface area (Å²) < 4.78 is 0.911. The standard InChI is InChI=1S/C12H11NO4S/c14-10(15)6-5-7(12(16)17)11-13-8-3-1-2-4-9(8)18-11/h1-4,7H,5-6H2,(H,14,15)(H,16,17). The number of aliphatic carboxylic acids is 2. The third-order valence-electron chi connectivity index (χ3n) is 2.55. The molecule has 0 aliphatic rings. The minimum absolute atomic E-state index is 0.0600. The van der Waals surface area contributed by atoms with Gasteiger partial charge < -0.3 is 10.2 Å². The summed E-state index contributed by atoms with van der Waals surface area (Å²) in [6.07, 6.45) is -0.114. The predicted molar refractivity (Wildman–Crippen MR) is 66.9 cm³/mol. The van der Waals surface area contributed by atoms with Crippen LogP contribution < -0.4 is 0 Å². The van der Waals surface area contributed by atoms with Crippen LogP contribution in [0.4, 0.5) is 0 Å². The highest BCUT2D eigenvalue weighted by Gasteiger charge is 2.24. The van der Waals surface area contributed by atoms with Gasteiger partial charge in [0.25, 0.3) is 0 Å². The Balaban J connectivity index is 2.29. The van der Waals surface area contributed by atoms with Crippen molar-refractivity contribution in [2.75, 3.05) is 0 Å². The number of para-hydroxylation sites is 1. The molecule has 0 aliphatic carbocycles. The van der Waals surface area contributed by atoms with Gasteiger partial charge in [-0.3, -0.25) is 9.59 Å². The molecule has 0 fully saturated rings. The van der Waals surface area contributed by atoms with E-state index in [1.165, 1.54) is 11.3 Å². The first-order chi connectivity index (χ1) is 8.58. The molecule has 1 aromatic carbocycles. The van der Waals surface area contributed by atoms with Crippen molar-refractivity contribution in [3.8, 4) is 0 Å². The minimum atomic E-state index is -1.03. The molecule has 1 atom stereocenters. The molecule has 1 aromatic heterocycles. The maximum atomic E-state index is 11.2. The normalized spacial score (nSPS) is 12.4. The molecule has 5 nitrogen and oxygen atoms in total. The zero-order chi connectivity index (χ0) is 13.1. The van der Waals surface area contributed by atoms with Gasteiger partial charge in [-0.1, -0.05) is 12.1 Å². The average Bonchev–Trinajstić information content (AvgIpc) is 2.71. The van der Waals surface area contributed by atoms with E-state index in [1.54, 1.807) is 0 Å². The molecule has 1 unspecified atom stereocenters. The van der Waals surface area contributed by atoms with Crippen molar-refractivity contribution in [1.29, 1.82) is 0 Å². The largest absolute Gasteiger partial charge is 0.481 e. The van der Waals surface area contributed by atoms with Gasteiger partial charge in [-0.25, -0.2) is 4.98 Å². The fourth-order valence-electron chi connectivity index (χ4n) is 1.66. The molecule has 0 bridgehead atoms. The van der Waals surface area contributed by atoms with Crippen LogP contribution in [0.25, 0.3) is 10.2 Å². The van der Waals surface area contributed by atoms with Crippen LogP contribution in [0.2, 0.25) is 0 Å². The first kappa shape index (κ1) is 12.5. The highest BCUT2D eigenvalue weighted by molar-refractivity contribution is 7.18. The fourth-order valence-corrected chi connectivity index (χ4v) is 2.75. The second kappa shape index (κ2) is 5.14. The number of hydrogen-bond donors (Lipinski definition) is 2. The van der Waals surface area contributed by atoms with Crippen molar-refractivity contribution in [2.45, 2.75) is 18.8 Å². The van der Waals surface area contributed by atoms with E-state index in [4.69, 9.17) is 10.2 Å². The molecule has 0 amide bonds. The summed E-state index contributed by atoms with van der Waals surface area (Å²) in [4.78, 5) is 25.9. The number of fused-ring (bicyclic) bond motifs is 1. The molecule has 6 heteroatoms. The summed E-state index contributed by atoms with van der Waals surface area (Å²) in [6, 6.07) is 7.37. The summed E-state index contributed by atoms with van der Waals surface area (Å²) in [5.74, 6) is -2.88. The van der Waals surface area contributed by atoms with Crippen molar-refractivity contribution in [2.24, 2.45) is 0 Å². The Morgan fingerprint density at radius 2 is 2.00 bits per heavy atom. The van der Waals surface area contributed by atoms with Crippen molar-refractivity contribution in [1.82, 2.24) is 4.98 Å². The molecule has 94 valence electrons. The van der Waals surface area contributed by atoms with E-state index in [0.29, 0.717) is 5.01 Å². The van der Waals surface area contributed by atoms with Gasteiger partial charge in [0.05, 0.1) is 10.2 Å². The molecule has 0 spiro atoms. The molecule has 0 saturated carbocycles. The fraction of sp³-hybridized carbons (Fsp3) is 0.250. The molecule has 1 heterocycles. The number of rotatable bonds is 5. The summed E-state index contributed by atoms with van der Waals surface area (Å²) in [7, 11) is 0. The lowest BCUT2D eigenvalue weighted by Gasteiger charge is -2.06. The molecule has 18 heavy (non-hydrogen) atoms. The van der Waals surface area contributed by atoms with Crippen molar-refractivity contribution in [3.63, 3.8) is 0 Å². The summed E-state index contributed by atoms with van der Waals surface area (Å²) >= 11 is 1.30. The Hall–Kier alpha value is -1.95. The Kier molecular flexibility index (Phi) is 3.57. The van der Waals surface area contributed by atoms with Gasteiger partial charge in [0, 0.05) is 6.42 Å². The van der Waals surface area contributed by atoms with Crippen molar-refractivity contribution >= 4 is 33.5 Å². The van der Waals surface area contributed by atoms with E-state index >= 15 is 0 Å². The molecule has 0 saturated heterocycles. The quantitative estimate of drug-likeness (QED) is 0.866. The molecule has 0 aliphatic heterocycles. The number of benzene rings is 1. The third-order valence-corrected chi connectivity index (χ3v) is 3.70. The lowest BCUT2D eigenvalue weighted by Crippen LogP contribution is -2.13. The lowest BCUT2D eigenvalue weighted by atomic mass is 10.0. The SMILES string of the molecule is O=C(O)CCC(C(=O)O)c1nc2ccccc2s1. The van der Waals surface area contributed by atoms with Gasteiger partial charge in [0.1, 0.15) is 10.9 Å². The van der Waals surface area contributed by atoms with Crippen LogP contribution in [0.15, 0.2) is 24.3 Å². The molecule has 2 rings (SSSR count). The zero-order valence-electron chi connectivity index (χ0n) is 9.37. The van der Waals surface area contributed by atoms with Crippen LogP contribution in [0.3, 0.4) is 0 Å². The average molecular weight is 265 g/mol. The summed E-state index contributed by atoms with van der Waals surface area (Å²) in [5.41, 5.74) is 0.749. The van der Waals surface area contributed by atoms with Gasteiger partial charge in [-0.05, 0) is 18.6 Å². The Morgan fingerprint density at radius 3 is 2.61 bits per heavy atom. The van der Waals surface area contributed by atoms with Gasteiger partial charge in [-0.15, -0.1) is 11.3 Å². The Morgan fingerprint density at radius 1 is 1.28 bits per heavy atom. The molecular formula is C12H11NO4S. The summed E-state index contributed by atoms with van der Waals surface area (Å²) in [5, 5.41) is 18.2. The van der Waals surface area contributed by atoms with Gasteiger partial charge in [0.2, 0.25) is 0 Å². The van der Waals surface area contributed by atoms with Crippen LogP contribution in [-0.4, -0.2) is 27.1 Å². The van der Waals surface area contributed by atoms with E-state index in [9.17, 15) is 9.59 Å². The number of nitrogens with zero attached hydrogens (tertiary/aromatic N) is 1. The maximum absolute atomic E-state index is 11.2. The van der Waals surface area contributed by atoms with Crippen LogP contribution in [0.1, 0.15) is 23.8 Å². The highest BCUT2D eigenvalue weighted by atomic mass is 32.1. The number of hydrogen-bond acceptors (Lipinski definition) is 4. The Labute approximate surface area is 107 Å². The number of aromatic nitrogens is 1. The number of carbonyl (C=O) groups is 2. The molecule has 0 radical (unpaired) electrons. The van der Waals surface area contributed by atoms with Crippen molar-refractivity contribution in [3.05, 3.63) is 29.3 Å². The van der Waals surface area contributed by atoms with Gasteiger partial charge >= 0.3 is 11.9 Å². The highest BCUT2D eigenvalue weighted by Crippen LogP contribution is 2.30. The first-order valence-corrected chi connectivity index (χ1v) is 6.19. The van der Waals surface area contributed by atoms with Crippen molar-refractivity contribution < 1.29 is 19.8 Å². The third kappa shape index (κ3) is 2.65. The van der Waals surface area contributed by atoms with Crippen LogP contribution in [0, 0.1) is 0 Å². The number of carboxylic acid groups (broad SMARTS) is 2. The van der Waals surface area contributed by atoms with Gasteiger partial charge in [0.15, 0.2) is 0 Å². The van der Waals surface area contributed by atoms with Gasteiger partial charge in [-0.2, -0.15) is 0 Å². The van der Waals surface area contributed by atoms with E-state index in [-0.39, 0.29) is 12.8 Å². The molecular weight excluding hydrogens is 254 g/mol. The second-order valence-electron chi connectivity index (χ2n) is 3.84. The smallest absolute Gasteiger partial charge is 0.313 e. The monoisotopic (exact) mass is 265 g/mol. The van der Waals surface area contributed by atoms with Crippen LogP contribution in [-0.2, 0) is 9.59 Å². The first-order valence-electron chi connectivity index (χ1n) is 5.38. The lowest BCUT2D eigenvalue weighted by molar-refractivity contribution is -0.140. The predicted octanol–water partition coefficient (Wildman–Crippen LogP) is 2.33. The van der Waals surface area contributed by atoms with E-state index in [0.717, 1.165) is 10.2 Å². The second-order valence-corrected chi connectivity index (χ2v) is 4.91. The van der Waals surface area contributed by atoms with E-state index < -0.39 is 17.9 Å². The maximum Gasteiger partial charge on any atom is 0.313 e. The molecule has 2 N–H and O–H groups in total. The zero-order valence-corrected chi connectivity index (χ0v) is 10.2. The number of carboxylic acids is 2. The topological polar surface area (TPSA) is 87.5 Å².